The number of rotatable bonds is 4. The van der Waals surface area contributed by atoms with Gasteiger partial charge in [-0.2, -0.15) is 5.10 Å². The van der Waals surface area contributed by atoms with Crippen LogP contribution in [-0.4, -0.2) is 76.2 Å². The zero-order valence-electron chi connectivity index (χ0n) is 15.7. The summed E-state index contributed by atoms with van der Waals surface area (Å²) in [6, 6.07) is 2.31. The van der Waals surface area contributed by atoms with Crippen LogP contribution in [0.25, 0.3) is 0 Å². The van der Waals surface area contributed by atoms with Crippen molar-refractivity contribution in [2.45, 2.75) is 45.7 Å². The molecule has 0 aliphatic carbocycles. The Morgan fingerprint density at radius 3 is 2.68 bits per heavy atom. The van der Waals surface area contributed by atoms with Gasteiger partial charge in [-0.3, -0.25) is 9.48 Å². The van der Waals surface area contributed by atoms with E-state index in [0.29, 0.717) is 18.9 Å². The van der Waals surface area contributed by atoms with E-state index in [1.165, 1.54) is 0 Å². The number of aromatic nitrogens is 2. The molecular weight excluding hydrogens is 318 g/mol. The molecule has 0 saturated carbocycles. The van der Waals surface area contributed by atoms with Crippen molar-refractivity contribution in [1.29, 1.82) is 0 Å². The van der Waals surface area contributed by atoms with E-state index in [-0.39, 0.29) is 18.0 Å². The van der Waals surface area contributed by atoms with Gasteiger partial charge in [0.05, 0.1) is 11.7 Å². The highest BCUT2D eigenvalue weighted by Crippen LogP contribution is 2.32. The van der Waals surface area contributed by atoms with Gasteiger partial charge in [0.15, 0.2) is 0 Å². The molecule has 2 aliphatic heterocycles. The summed E-state index contributed by atoms with van der Waals surface area (Å²) in [5.41, 5.74) is 2.15. The Morgan fingerprint density at radius 2 is 2.04 bits per heavy atom. The van der Waals surface area contributed by atoms with Crippen LogP contribution in [-0.2, 0) is 11.3 Å². The summed E-state index contributed by atoms with van der Waals surface area (Å²) in [5.74, 6) is 0.636. The first-order valence-electron chi connectivity index (χ1n) is 9.13. The van der Waals surface area contributed by atoms with Crippen molar-refractivity contribution >= 4 is 11.9 Å². The molecule has 0 radical (unpaired) electrons. The fourth-order valence-electron chi connectivity index (χ4n) is 4.10. The van der Waals surface area contributed by atoms with Gasteiger partial charge in [0.25, 0.3) is 0 Å². The maximum Gasteiger partial charge on any atom is 0.319 e. The second-order valence-corrected chi connectivity index (χ2v) is 7.54. The summed E-state index contributed by atoms with van der Waals surface area (Å²) in [6.07, 6.45) is 2.34. The number of hydrogen-bond acceptors (Lipinski definition) is 3. The van der Waals surface area contributed by atoms with Gasteiger partial charge in [0.2, 0.25) is 5.91 Å². The molecule has 7 heteroatoms. The van der Waals surface area contributed by atoms with Gasteiger partial charge in [0, 0.05) is 58.3 Å². The Labute approximate surface area is 149 Å². The molecule has 3 rings (SSSR count). The topological polar surface area (TPSA) is 61.7 Å². The zero-order valence-corrected chi connectivity index (χ0v) is 15.7. The molecule has 1 aromatic rings. The molecule has 3 amide bonds. The van der Waals surface area contributed by atoms with Crippen LogP contribution in [0.1, 0.15) is 30.7 Å². The van der Waals surface area contributed by atoms with Gasteiger partial charge >= 0.3 is 6.03 Å². The summed E-state index contributed by atoms with van der Waals surface area (Å²) in [5, 5.41) is 4.44. The van der Waals surface area contributed by atoms with Crippen LogP contribution in [0.3, 0.4) is 0 Å². The summed E-state index contributed by atoms with van der Waals surface area (Å²) in [7, 11) is 3.57. The van der Waals surface area contributed by atoms with E-state index in [2.05, 4.69) is 11.2 Å². The average molecular weight is 347 g/mol. The maximum atomic E-state index is 12.5. The van der Waals surface area contributed by atoms with Gasteiger partial charge in [-0.05, 0) is 32.8 Å². The SMILES string of the molecule is Cc1cc(C)n(CCCC(=O)N2C[C@@H]3CCN(C(=O)N(C)C)[C@@H]3C2)n1. The van der Waals surface area contributed by atoms with E-state index in [9.17, 15) is 9.59 Å². The third-order valence-electron chi connectivity index (χ3n) is 5.39. The van der Waals surface area contributed by atoms with Crippen molar-refractivity contribution in [3.63, 3.8) is 0 Å². The van der Waals surface area contributed by atoms with E-state index >= 15 is 0 Å². The summed E-state index contributed by atoms with van der Waals surface area (Å²) < 4.78 is 1.97. The summed E-state index contributed by atoms with van der Waals surface area (Å²) in [4.78, 5) is 30.3. The Balaban J connectivity index is 1.49. The third kappa shape index (κ3) is 3.65. The highest BCUT2D eigenvalue weighted by Gasteiger charge is 2.44. The molecule has 3 heterocycles. The fraction of sp³-hybridized carbons (Fsp3) is 0.722. The number of likely N-dealkylation sites (tertiary alicyclic amines) is 2. The predicted octanol–water partition coefficient (Wildman–Crippen LogP) is 1.49. The first kappa shape index (κ1) is 17.8. The van der Waals surface area contributed by atoms with Crippen molar-refractivity contribution in [2.24, 2.45) is 5.92 Å². The molecule has 0 bridgehead atoms. The van der Waals surface area contributed by atoms with Crippen LogP contribution in [0.15, 0.2) is 6.07 Å². The van der Waals surface area contributed by atoms with E-state index < -0.39 is 0 Å². The van der Waals surface area contributed by atoms with Gasteiger partial charge < -0.3 is 14.7 Å². The van der Waals surface area contributed by atoms with Gasteiger partial charge in [-0.25, -0.2) is 4.79 Å². The summed E-state index contributed by atoms with van der Waals surface area (Å²) in [6.45, 7) is 7.09. The van der Waals surface area contributed by atoms with Gasteiger partial charge in [0.1, 0.15) is 0 Å². The quantitative estimate of drug-likeness (QED) is 0.829. The number of hydrogen-bond donors (Lipinski definition) is 0. The molecule has 2 fully saturated rings. The maximum absolute atomic E-state index is 12.5. The highest BCUT2D eigenvalue weighted by molar-refractivity contribution is 5.78. The molecule has 0 unspecified atom stereocenters. The Bertz CT molecular complexity index is 654. The standard InChI is InChI=1S/C18H29N5O2/c1-13-10-14(2)23(19-13)8-5-6-17(24)21-11-15-7-9-22(16(15)12-21)18(25)20(3)4/h10,15-16H,5-9,11-12H2,1-4H3/t15-,16+/m0/s1. The lowest BCUT2D eigenvalue weighted by Crippen LogP contribution is -2.45. The second kappa shape index (κ2) is 7.06. The molecule has 1 aromatic heterocycles. The molecule has 0 spiro atoms. The number of amides is 3. The average Bonchev–Trinajstić information content (AvgIpc) is 3.20. The lowest BCUT2D eigenvalue weighted by atomic mass is 10.1. The van der Waals surface area contributed by atoms with E-state index in [4.69, 9.17) is 0 Å². The first-order chi connectivity index (χ1) is 11.9. The van der Waals surface area contributed by atoms with E-state index in [0.717, 1.165) is 43.9 Å². The number of aryl methyl sites for hydroxylation is 3. The molecule has 0 N–H and O–H groups in total. The van der Waals surface area contributed by atoms with Crippen LogP contribution in [0, 0.1) is 19.8 Å². The molecule has 2 atom stereocenters. The lowest BCUT2D eigenvalue weighted by molar-refractivity contribution is -0.130. The minimum atomic E-state index is 0.0614. The third-order valence-corrected chi connectivity index (χ3v) is 5.39. The van der Waals surface area contributed by atoms with Crippen LogP contribution < -0.4 is 0 Å². The van der Waals surface area contributed by atoms with Crippen molar-refractivity contribution in [3.8, 4) is 0 Å². The normalized spacial score (nSPS) is 22.4. The van der Waals surface area contributed by atoms with Crippen molar-refractivity contribution in [1.82, 2.24) is 24.5 Å². The Hall–Kier alpha value is -2.05. The molecule has 0 aromatic carbocycles. The van der Waals surface area contributed by atoms with E-state index in [1.54, 1.807) is 19.0 Å². The summed E-state index contributed by atoms with van der Waals surface area (Å²) >= 11 is 0. The zero-order chi connectivity index (χ0) is 18.1. The minimum absolute atomic E-state index is 0.0614. The molecular formula is C18H29N5O2. The van der Waals surface area contributed by atoms with Gasteiger partial charge in [-0.15, -0.1) is 0 Å². The molecule has 25 heavy (non-hydrogen) atoms. The monoisotopic (exact) mass is 347 g/mol. The number of urea groups is 1. The lowest BCUT2D eigenvalue weighted by Gasteiger charge is -2.27. The van der Waals surface area contributed by atoms with Crippen LogP contribution in [0.5, 0.6) is 0 Å². The second-order valence-electron chi connectivity index (χ2n) is 7.54. The first-order valence-corrected chi connectivity index (χ1v) is 9.13. The minimum Gasteiger partial charge on any atom is -0.340 e. The highest BCUT2D eigenvalue weighted by atomic mass is 16.2. The largest absolute Gasteiger partial charge is 0.340 e. The Morgan fingerprint density at radius 1 is 1.28 bits per heavy atom. The van der Waals surface area contributed by atoms with E-state index in [1.807, 2.05) is 28.3 Å². The number of carbonyl (C=O) groups is 2. The smallest absolute Gasteiger partial charge is 0.319 e. The van der Waals surface area contributed by atoms with Gasteiger partial charge in [-0.1, -0.05) is 0 Å². The van der Waals surface area contributed by atoms with Crippen molar-refractivity contribution in [2.75, 3.05) is 33.7 Å². The molecule has 138 valence electrons. The number of fused-ring (bicyclic) bond motifs is 1. The van der Waals surface area contributed by atoms with Crippen molar-refractivity contribution in [3.05, 3.63) is 17.5 Å². The number of carbonyl (C=O) groups excluding carboxylic acids is 2. The van der Waals surface area contributed by atoms with Crippen LogP contribution >= 0.6 is 0 Å². The van der Waals surface area contributed by atoms with Crippen LogP contribution in [0.4, 0.5) is 4.79 Å². The molecule has 2 saturated heterocycles. The molecule has 7 nitrogen and oxygen atoms in total. The fourth-order valence-corrected chi connectivity index (χ4v) is 4.10. The Kier molecular flexibility index (Phi) is 5.01. The van der Waals surface area contributed by atoms with Crippen molar-refractivity contribution < 1.29 is 9.59 Å². The molecule has 2 aliphatic rings. The van der Waals surface area contributed by atoms with Crippen LogP contribution in [0.2, 0.25) is 0 Å². The number of nitrogens with zero attached hydrogens (tertiary/aromatic N) is 5. The predicted molar refractivity (Wildman–Crippen MR) is 95.2 cm³/mol.